The number of rotatable bonds is 4. The summed E-state index contributed by atoms with van der Waals surface area (Å²) in [5.41, 5.74) is 0. The normalized spacial score (nSPS) is 34.9. The summed E-state index contributed by atoms with van der Waals surface area (Å²) in [5.74, 6) is 0. The minimum absolute atomic E-state index is 0.322. The molecule has 112 valence electrons. The minimum Gasteiger partial charge on any atom is -0.447 e. The Morgan fingerprint density at radius 1 is 1.11 bits per heavy atom. The molecule has 19 heavy (non-hydrogen) atoms. The predicted molar refractivity (Wildman–Crippen MR) is 63.2 cm³/mol. The van der Waals surface area contributed by atoms with Crippen molar-refractivity contribution in [1.29, 1.82) is 0 Å². The molecule has 5 atom stereocenters. The van der Waals surface area contributed by atoms with E-state index in [0.29, 0.717) is 13.1 Å². The summed E-state index contributed by atoms with van der Waals surface area (Å²) in [7, 11) is 0. The molecule has 0 aliphatic carbocycles. The third kappa shape index (κ3) is 3.77. The van der Waals surface area contributed by atoms with E-state index < -0.39 is 36.8 Å². The number of ether oxygens (including phenoxy) is 2. The molecule has 1 unspecified atom stereocenters. The number of aliphatic hydroxyl groups is 4. The molecule has 0 aromatic heterocycles. The number of aliphatic hydroxyl groups excluding tert-OH is 4. The van der Waals surface area contributed by atoms with Crippen molar-refractivity contribution in [3.63, 3.8) is 0 Å². The summed E-state index contributed by atoms with van der Waals surface area (Å²) in [6.07, 6.45) is -7.88. The van der Waals surface area contributed by atoms with Crippen LogP contribution in [0, 0.1) is 0 Å². The quantitative estimate of drug-likeness (QED) is 0.482. The molecule has 1 aliphatic rings. The Kier molecular flexibility index (Phi) is 5.95. The van der Waals surface area contributed by atoms with Crippen LogP contribution < -0.4 is 0 Å². The van der Waals surface area contributed by atoms with Crippen molar-refractivity contribution >= 4 is 6.09 Å². The molecule has 0 aromatic carbocycles. The molecule has 8 nitrogen and oxygen atoms in total. The van der Waals surface area contributed by atoms with E-state index in [9.17, 15) is 25.2 Å². The van der Waals surface area contributed by atoms with Crippen LogP contribution in [0.3, 0.4) is 0 Å². The second kappa shape index (κ2) is 7.01. The zero-order valence-electron chi connectivity index (χ0n) is 11.0. The molecule has 1 amide bonds. The third-order valence-corrected chi connectivity index (χ3v) is 3.08. The summed E-state index contributed by atoms with van der Waals surface area (Å²) in [4.78, 5) is 13.0. The Bertz CT molecular complexity index is 297. The van der Waals surface area contributed by atoms with E-state index in [1.165, 1.54) is 4.90 Å². The van der Waals surface area contributed by atoms with Crippen molar-refractivity contribution in [2.75, 3.05) is 19.7 Å². The van der Waals surface area contributed by atoms with E-state index in [2.05, 4.69) is 0 Å². The van der Waals surface area contributed by atoms with E-state index in [0.717, 1.165) is 0 Å². The molecular formula is C11H21NO7. The predicted octanol–water partition coefficient (Wildman–Crippen LogP) is -1.74. The first-order valence-electron chi connectivity index (χ1n) is 6.21. The minimum atomic E-state index is -1.63. The van der Waals surface area contributed by atoms with E-state index in [1.807, 2.05) is 0 Å². The lowest BCUT2D eigenvalue weighted by Crippen LogP contribution is -2.58. The standard InChI is InChI=1S/C11H21NO7/c1-3-12(4-2)11(17)18-5-6-7(13)8(14)9(15)10(16)19-6/h6-10,13-16H,3-5H2,1-2H3/t6-,7+,8+,9-,10?/m1/s1. The van der Waals surface area contributed by atoms with Crippen LogP contribution in [0.25, 0.3) is 0 Å². The Morgan fingerprint density at radius 2 is 1.68 bits per heavy atom. The molecular weight excluding hydrogens is 258 g/mol. The number of nitrogens with zero attached hydrogens (tertiary/aromatic N) is 1. The van der Waals surface area contributed by atoms with E-state index in [-0.39, 0.29) is 6.61 Å². The van der Waals surface area contributed by atoms with Crippen LogP contribution in [0.5, 0.6) is 0 Å². The number of carbonyl (C=O) groups excluding carboxylic acids is 1. The molecule has 1 aliphatic heterocycles. The molecule has 1 rings (SSSR count). The Morgan fingerprint density at radius 3 is 2.21 bits per heavy atom. The van der Waals surface area contributed by atoms with Crippen LogP contribution in [0.1, 0.15) is 13.8 Å². The van der Waals surface area contributed by atoms with Gasteiger partial charge >= 0.3 is 6.09 Å². The molecule has 0 radical (unpaired) electrons. The van der Waals surface area contributed by atoms with Gasteiger partial charge in [-0.2, -0.15) is 0 Å². The number of amides is 1. The fraction of sp³-hybridized carbons (Fsp3) is 0.909. The van der Waals surface area contributed by atoms with E-state index >= 15 is 0 Å². The second-order valence-corrected chi connectivity index (χ2v) is 4.29. The van der Waals surface area contributed by atoms with Crippen LogP contribution in [-0.4, -0.2) is 81.8 Å². The zero-order valence-corrected chi connectivity index (χ0v) is 11.0. The summed E-state index contributed by atoms with van der Waals surface area (Å²) in [5, 5.41) is 37.7. The zero-order chi connectivity index (χ0) is 14.6. The van der Waals surface area contributed by atoms with Crippen LogP contribution >= 0.6 is 0 Å². The molecule has 1 fully saturated rings. The van der Waals surface area contributed by atoms with Crippen molar-refractivity contribution in [3.05, 3.63) is 0 Å². The van der Waals surface area contributed by atoms with Gasteiger partial charge in [0.05, 0.1) is 0 Å². The molecule has 0 saturated carbocycles. The van der Waals surface area contributed by atoms with Crippen molar-refractivity contribution in [3.8, 4) is 0 Å². The largest absolute Gasteiger partial charge is 0.447 e. The van der Waals surface area contributed by atoms with Gasteiger partial charge in [-0.05, 0) is 13.8 Å². The molecule has 1 heterocycles. The van der Waals surface area contributed by atoms with Gasteiger partial charge in [-0.1, -0.05) is 0 Å². The molecule has 0 bridgehead atoms. The van der Waals surface area contributed by atoms with Crippen molar-refractivity contribution in [2.45, 2.75) is 44.6 Å². The van der Waals surface area contributed by atoms with Crippen LogP contribution in [0.2, 0.25) is 0 Å². The van der Waals surface area contributed by atoms with Gasteiger partial charge in [-0.25, -0.2) is 4.79 Å². The number of hydrogen-bond donors (Lipinski definition) is 4. The smallest absolute Gasteiger partial charge is 0.409 e. The highest BCUT2D eigenvalue weighted by Crippen LogP contribution is 2.20. The average molecular weight is 279 g/mol. The monoisotopic (exact) mass is 279 g/mol. The van der Waals surface area contributed by atoms with Crippen LogP contribution in [0.15, 0.2) is 0 Å². The first-order chi connectivity index (χ1) is 8.92. The fourth-order valence-corrected chi connectivity index (χ4v) is 1.80. The van der Waals surface area contributed by atoms with Crippen LogP contribution in [-0.2, 0) is 9.47 Å². The average Bonchev–Trinajstić information content (AvgIpc) is 2.40. The highest BCUT2D eigenvalue weighted by atomic mass is 16.7. The molecule has 8 heteroatoms. The van der Waals surface area contributed by atoms with Gasteiger partial charge in [0.1, 0.15) is 31.0 Å². The third-order valence-electron chi connectivity index (χ3n) is 3.08. The number of hydrogen-bond acceptors (Lipinski definition) is 7. The maximum atomic E-state index is 11.6. The molecule has 4 N–H and O–H groups in total. The summed E-state index contributed by atoms with van der Waals surface area (Å²) >= 11 is 0. The first-order valence-corrected chi connectivity index (χ1v) is 6.21. The van der Waals surface area contributed by atoms with Crippen LogP contribution in [0.4, 0.5) is 4.79 Å². The van der Waals surface area contributed by atoms with Gasteiger partial charge in [-0.3, -0.25) is 0 Å². The van der Waals surface area contributed by atoms with Gasteiger partial charge in [0.15, 0.2) is 6.29 Å². The Labute approximate surface area is 111 Å². The van der Waals surface area contributed by atoms with Gasteiger partial charge in [-0.15, -0.1) is 0 Å². The molecule has 0 spiro atoms. The van der Waals surface area contributed by atoms with E-state index in [4.69, 9.17) is 9.47 Å². The highest BCUT2D eigenvalue weighted by molar-refractivity contribution is 5.67. The van der Waals surface area contributed by atoms with E-state index in [1.54, 1.807) is 13.8 Å². The SMILES string of the molecule is CCN(CC)C(=O)OC[C@H]1OC(O)[C@H](O)[C@@H](O)[C@H]1O. The van der Waals surface area contributed by atoms with Gasteiger partial charge in [0.2, 0.25) is 0 Å². The van der Waals surface area contributed by atoms with Crippen molar-refractivity contribution in [2.24, 2.45) is 0 Å². The first kappa shape index (κ1) is 16.1. The Hall–Kier alpha value is -0.930. The molecule has 1 saturated heterocycles. The topological polar surface area (TPSA) is 120 Å². The lowest BCUT2D eigenvalue weighted by molar-refractivity contribution is -0.286. The summed E-state index contributed by atoms with van der Waals surface area (Å²) in [6.45, 7) is 4.22. The Balaban J connectivity index is 2.51. The maximum absolute atomic E-state index is 11.6. The highest BCUT2D eigenvalue weighted by Gasteiger charge is 2.43. The number of carbonyl (C=O) groups is 1. The fourth-order valence-electron chi connectivity index (χ4n) is 1.80. The summed E-state index contributed by atoms with van der Waals surface area (Å²) in [6, 6.07) is 0. The second-order valence-electron chi connectivity index (χ2n) is 4.29. The van der Waals surface area contributed by atoms with Gasteiger partial charge in [0.25, 0.3) is 0 Å². The lowest BCUT2D eigenvalue weighted by Gasteiger charge is -2.38. The maximum Gasteiger partial charge on any atom is 0.409 e. The van der Waals surface area contributed by atoms with Crippen molar-refractivity contribution in [1.82, 2.24) is 4.90 Å². The van der Waals surface area contributed by atoms with Crippen molar-refractivity contribution < 1.29 is 34.7 Å². The lowest BCUT2D eigenvalue weighted by atomic mass is 9.99. The summed E-state index contributed by atoms with van der Waals surface area (Å²) < 4.78 is 9.80. The van der Waals surface area contributed by atoms with Gasteiger partial charge < -0.3 is 34.8 Å². The molecule has 0 aromatic rings. The van der Waals surface area contributed by atoms with Gasteiger partial charge in [0, 0.05) is 13.1 Å².